The number of rotatable bonds is 8. The van der Waals surface area contributed by atoms with Crippen LogP contribution < -0.4 is 20.1 Å². The number of carbonyl (C=O) groups excluding carboxylic acids is 2. The van der Waals surface area contributed by atoms with Gasteiger partial charge in [0.25, 0.3) is 5.91 Å². The number of hydrogen-bond donors (Lipinski definition) is 2. The fourth-order valence-electron chi connectivity index (χ4n) is 2.64. The number of amides is 2. The Balaban J connectivity index is 1.69. The van der Waals surface area contributed by atoms with Crippen molar-refractivity contribution in [2.45, 2.75) is 0 Å². The Bertz CT molecular complexity index is 1160. The number of carbonyl (C=O) groups is 2. The van der Waals surface area contributed by atoms with E-state index in [4.69, 9.17) is 21.1 Å². The molecule has 0 aliphatic rings. The summed E-state index contributed by atoms with van der Waals surface area (Å²) in [5.41, 5.74) is 0.390. The molecule has 2 N–H and O–H groups in total. The van der Waals surface area contributed by atoms with Gasteiger partial charge in [-0.2, -0.15) is 0 Å². The van der Waals surface area contributed by atoms with Crippen LogP contribution >= 0.6 is 11.6 Å². The second kappa shape index (κ2) is 10.2. The van der Waals surface area contributed by atoms with Crippen LogP contribution in [0.4, 0.5) is 11.4 Å². The molecule has 0 bridgehead atoms. The molecule has 0 saturated heterocycles. The third kappa shape index (κ3) is 5.70. The zero-order chi connectivity index (χ0) is 23.1. The second-order valence-corrected chi connectivity index (χ2v) is 6.75. The molecule has 3 rings (SSSR count). The number of pyridine rings is 1. The van der Waals surface area contributed by atoms with E-state index in [0.717, 1.165) is 0 Å². The van der Waals surface area contributed by atoms with E-state index >= 15 is 0 Å². The van der Waals surface area contributed by atoms with Gasteiger partial charge in [-0.25, -0.2) is 0 Å². The smallest absolute Gasteiger partial charge is 0.313 e. The minimum atomic E-state index is -0.619. The summed E-state index contributed by atoms with van der Waals surface area (Å²) in [6.45, 7) is -0.259. The summed E-state index contributed by atoms with van der Waals surface area (Å²) in [5, 5.41) is 16.5. The Morgan fingerprint density at radius 2 is 1.91 bits per heavy atom. The number of nitrogens with one attached hydrogen (secondary N) is 2. The highest BCUT2D eigenvalue weighted by atomic mass is 35.5. The topological polar surface area (TPSA) is 133 Å². The van der Waals surface area contributed by atoms with Crippen LogP contribution in [-0.4, -0.2) is 35.4 Å². The van der Waals surface area contributed by atoms with Crippen LogP contribution in [0, 0.1) is 10.1 Å². The quantitative estimate of drug-likeness (QED) is 0.389. The van der Waals surface area contributed by atoms with E-state index in [1.165, 1.54) is 49.7 Å². The summed E-state index contributed by atoms with van der Waals surface area (Å²) in [7, 11) is 1.36. The second-order valence-electron chi connectivity index (χ2n) is 6.31. The summed E-state index contributed by atoms with van der Waals surface area (Å²) < 4.78 is 10.9. The first-order chi connectivity index (χ1) is 15.4. The Kier molecular flexibility index (Phi) is 7.19. The Morgan fingerprint density at radius 3 is 2.59 bits per heavy atom. The number of ether oxygens (including phenoxy) is 2. The van der Waals surface area contributed by atoms with Gasteiger partial charge in [0, 0.05) is 22.8 Å². The van der Waals surface area contributed by atoms with Crippen LogP contribution in [0.15, 0.2) is 60.9 Å². The Labute approximate surface area is 187 Å². The summed E-state index contributed by atoms with van der Waals surface area (Å²) in [4.78, 5) is 38.9. The number of anilines is 1. The average molecular weight is 457 g/mol. The highest BCUT2D eigenvalue weighted by Gasteiger charge is 2.19. The van der Waals surface area contributed by atoms with Gasteiger partial charge in [0.1, 0.15) is 0 Å². The van der Waals surface area contributed by atoms with Gasteiger partial charge >= 0.3 is 5.69 Å². The highest BCUT2D eigenvalue weighted by Crippen LogP contribution is 2.37. The van der Waals surface area contributed by atoms with Gasteiger partial charge in [-0.1, -0.05) is 11.6 Å². The molecule has 1 heterocycles. The molecule has 0 radical (unpaired) electrons. The molecule has 0 saturated carbocycles. The van der Waals surface area contributed by atoms with Gasteiger partial charge in [-0.3, -0.25) is 24.7 Å². The third-order valence-corrected chi connectivity index (χ3v) is 4.35. The Hall–Kier alpha value is -4.18. The standard InChI is InChI=1S/C21H17ClN4O6/c1-31-19-9-13(21(28)24-12-20(27)25-15-3-2-8-23-11-15)4-6-18(19)32-17-7-5-14(22)10-16(17)26(29)30/h2-11H,12H2,1H3,(H,24,28)(H,25,27). The molecular formula is C21H17ClN4O6. The number of aromatic nitrogens is 1. The number of benzene rings is 2. The van der Waals surface area contributed by atoms with Crippen molar-refractivity contribution in [3.8, 4) is 17.2 Å². The van der Waals surface area contributed by atoms with Gasteiger partial charge < -0.3 is 20.1 Å². The fourth-order valence-corrected chi connectivity index (χ4v) is 2.80. The number of nitro benzene ring substituents is 1. The lowest BCUT2D eigenvalue weighted by Crippen LogP contribution is -2.32. The van der Waals surface area contributed by atoms with Gasteiger partial charge in [0.15, 0.2) is 11.5 Å². The minimum absolute atomic E-state index is 0.0398. The molecule has 2 amide bonds. The van der Waals surface area contributed by atoms with E-state index in [1.807, 2.05) is 0 Å². The van der Waals surface area contributed by atoms with E-state index in [0.29, 0.717) is 5.69 Å². The number of halogens is 1. The summed E-state index contributed by atoms with van der Waals surface area (Å²) in [6, 6.07) is 11.6. The summed E-state index contributed by atoms with van der Waals surface area (Å²) >= 11 is 5.81. The van der Waals surface area contributed by atoms with Crippen molar-refractivity contribution in [3.63, 3.8) is 0 Å². The van der Waals surface area contributed by atoms with Crippen LogP contribution in [-0.2, 0) is 4.79 Å². The SMILES string of the molecule is COc1cc(C(=O)NCC(=O)Nc2cccnc2)ccc1Oc1ccc(Cl)cc1[N+](=O)[O-]. The maximum atomic E-state index is 12.4. The summed E-state index contributed by atoms with van der Waals surface area (Å²) in [5.74, 6) is -0.658. The van der Waals surface area contributed by atoms with Gasteiger partial charge in [0.05, 0.1) is 30.5 Å². The van der Waals surface area contributed by atoms with E-state index < -0.39 is 16.7 Å². The zero-order valence-electron chi connectivity index (χ0n) is 16.7. The van der Waals surface area contributed by atoms with Crippen molar-refractivity contribution < 1.29 is 24.0 Å². The van der Waals surface area contributed by atoms with E-state index in [-0.39, 0.29) is 40.1 Å². The monoisotopic (exact) mass is 456 g/mol. The molecule has 2 aromatic carbocycles. The van der Waals surface area contributed by atoms with Crippen molar-refractivity contribution in [3.05, 3.63) is 81.6 Å². The maximum absolute atomic E-state index is 12.4. The van der Waals surface area contributed by atoms with Gasteiger partial charge in [0.2, 0.25) is 11.7 Å². The first kappa shape index (κ1) is 22.5. The average Bonchev–Trinajstić information content (AvgIpc) is 2.79. The fraction of sp³-hybridized carbons (Fsp3) is 0.0952. The molecule has 164 valence electrons. The van der Waals surface area contributed by atoms with E-state index in [9.17, 15) is 19.7 Å². The van der Waals surface area contributed by atoms with Crippen LogP contribution in [0.25, 0.3) is 0 Å². The molecule has 0 unspecified atom stereocenters. The van der Waals surface area contributed by atoms with Crippen LogP contribution in [0.2, 0.25) is 5.02 Å². The van der Waals surface area contributed by atoms with Crippen molar-refractivity contribution in [2.75, 3.05) is 19.0 Å². The minimum Gasteiger partial charge on any atom is -0.493 e. The van der Waals surface area contributed by atoms with Crippen LogP contribution in [0.5, 0.6) is 17.2 Å². The number of nitro groups is 1. The molecule has 3 aromatic rings. The molecule has 0 spiro atoms. The maximum Gasteiger partial charge on any atom is 0.313 e. The normalized spacial score (nSPS) is 10.2. The number of hydrogen-bond acceptors (Lipinski definition) is 7. The molecule has 0 fully saturated rings. The van der Waals surface area contributed by atoms with Crippen LogP contribution in [0.1, 0.15) is 10.4 Å². The number of nitrogens with zero attached hydrogens (tertiary/aromatic N) is 2. The lowest BCUT2D eigenvalue weighted by Gasteiger charge is -2.12. The molecule has 11 heteroatoms. The predicted molar refractivity (Wildman–Crippen MR) is 116 cm³/mol. The first-order valence-electron chi connectivity index (χ1n) is 9.15. The highest BCUT2D eigenvalue weighted by molar-refractivity contribution is 6.30. The molecule has 0 atom stereocenters. The Morgan fingerprint density at radius 1 is 1.12 bits per heavy atom. The van der Waals surface area contributed by atoms with Gasteiger partial charge in [-0.15, -0.1) is 0 Å². The van der Waals surface area contributed by atoms with E-state index in [2.05, 4.69) is 15.6 Å². The summed E-state index contributed by atoms with van der Waals surface area (Å²) in [6.07, 6.45) is 3.05. The van der Waals surface area contributed by atoms with Crippen molar-refractivity contribution in [1.29, 1.82) is 0 Å². The van der Waals surface area contributed by atoms with Crippen molar-refractivity contribution >= 4 is 34.8 Å². The van der Waals surface area contributed by atoms with E-state index in [1.54, 1.807) is 18.3 Å². The predicted octanol–water partition coefficient (Wildman–Crippen LogP) is 3.81. The molecule has 0 aliphatic heterocycles. The number of methoxy groups -OCH3 is 1. The molecule has 1 aromatic heterocycles. The molecular weight excluding hydrogens is 440 g/mol. The zero-order valence-corrected chi connectivity index (χ0v) is 17.5. The van der Waals surface area contributed by atoms with Crippen molar-refractivity contribution in [1.82, 2.24) is 10.3 Å². The van der Waals surface area contributed by atoms with Crippen LogP contribution in [0.3, 0.4) is 0 Å². The molecule has 32 heavy (non-hydrogen) atoms. The van der Waals surface area contributed by atoms with Gasteiger partial charge in [-0.05, 0) is 42.5 Å². The van der Waals surface area contributed by atoms with Crippen molar-refractivity contribution in [2.24, 2.45) is 0 Å². The lowest BCUT2D eigenvalue weighted by molar-refractivity contribution is -0.385. The molecule has 0 aliphatic carbocycles. The largest absolute Gasteiger partial charge is 0.493 e. The lowest BCUT2D eigenvalue weighted by atomic mass is 10.2. The first-order valence-corrected chi connectivity index (χ1v) is 9.53. The third-order valence-electron chi connectivity index (χ3n) is 4.12. The molecule has 10 nitrogen and oxygen atoms in total.